The summed E-state index contributed by atoms with van der Waals surface area (Å²) in [6.07, 6.45) is -3.76. The summed E-state index contributed by atoms with van der Waals surface area (Å²) in [5.74, 6) is -2.73. The fourth-order valence-electron chi connectivity index (χ4n) is 3.68. The molecule has 1 fully saturated rings. The number of anilines is 1. The molecule has 3 aromatic rings. The van der Waals surface area contributed by atoms with Gasteiger partial charge in [0.1, 0.15) is 11.3 Å². The molecule has 206 valence electrons. The van der Waals surface area contributed by atoms with Crippen molar-refractivity contribution in [2.45, 2.75) is 13.1 Å². The van der Waals surface area contributed by atoms with Crippen LogP contribution in [-0.2, 0) is 15.8 Å². The summed E-state index contributed by atoms with van der Waals surface area (Å²) in [4.78, 5) is 50.0. The number of benzene rings is 3. The Hall–Kier alpha value is -3.75. The molecule has 3 aromatic carbocycles. The number of alkyl halides is 3. The molecular weight excluding hydrogens is 691 g/mol. The summed E-state index contributed by atoms with van der Waals surface area (Å²) >= 11 is 12.5. The molecule has 9 nitrogen and oxygen atoms in total. The number of amides is 4. The topological polar surface area (TPSA) is 119 Å². The van der Waals surface area contributed by atoms with E-state index < -0.39 is 51.5 Å². The Kier molecular flexibility index (Phi) is 8.06. The fourth-order valence-corrected chi connectivity index (χ4v) is 5.19. The molecule has 0 spiro atoms. The molecule has 4 amide bonds. The van der Waals surface area contributed by atoms with Gasteiger partial charge in [-0.1, -0.05) is 33.6 Å². The standard InChI is InChI=1S/C25H13Br2ClF3N3O6/c1-11-2-4-15(28)10-18(11)33-23(36)16(22(35)32-24(33)37)7-12-6-14(26)9-17(27)21(12)40-20-5-3-13(25(29,30)31)8-19(20)34(38)39/h2-10H,1H3,(H,32,35,37)/b16-7+. The first-order valence-electron chi connectivity index (χ1n) is 10.9. The number of hydrogen-bond acceptors (Lipinski definition) is 6. The van der Waals surface area contributed by atoms with E-state index in [-0.39, 0.29) is 26.5 Å². The molecule has 1 aliphatic heterocycles. The monoisotopic (exact) mass is 701 g/mol. The molecule has 1 saturated heterocycles. The largest absolute Gasteiger partial charge is 0.448 e. The van der Waals surface area contributed by atoms with E-state index >= 15 is 0 Å². The van der Waals surface area contributed by atoms with Gasteiger partial charge in [-0.15, -0.1) is 0 Å². The third kappa shape index (κ3) is 5.88. The number of nitro groups is 1. The fraction of sp³-hybridized carbons (Fsp3) is 0.0800. The number of carbonyl (C=O) groups excluding carboxylic acids is 3. The smallest absolute Gasteiger partial charge is 0.416 e. The minimum atomic E-state index is -4.84. The number of rotatable bonds is 5. The molecule has 0 saturated carbocycles. The van der Waals surface area contributed by atoms with Crippen LogP contribution in [0.15, 0.2) is 63.0 Å². The number of aryl methyl sites for hydroxylation is 1. The average molecular weight is 704 g/mol. The number of halogens is 6. The molecule has 0 atom stereocenters. The third-order valence-electron chi connectivity index (χ3n) is 5.55. The molecule has 0 radical (unpaired) electrons. The molecule has 1 aliphatic rings. The second-order valence-corrected chi connectivity index (χ2v) is 10.4. The lowest BCUT2D eigenvalue weighted by atomic mass is 10.0. The van der Waals surface area contributed by atoms with Crippen LogP contribution in [0.3, 0.4) is 0 Å². The number of nitrogens with zero attached hydrogens (tertiary/aromatic N) is 2. The van der Waals surface area contributed by atoms with Gasteiger partial charge in [0.25, 0.3) is 11.8 Å². The Bertz CT molecular complexity index is 1640. The zero-order valence-corrected chi connectivity index (χ0v) is 23.7. The SMILES string of the molecule is Cc1ccc(Cl)cc1N1C(=O)NC(=O)/C(=C\c2cc(Br)cc(Br)c2Oc2ccc(C(F)(F)F)cc2[N+](=O)[O-])C1=O. The number of nitro benzene ring substituents is 1. The van der Waals surface area contributed by atoms with Crippen LogP contribution < -0.4 is 15.0 Å². The van der Waals surface area contributed by atoms with E-state index in [9.17, 15) is 37.7 Å². The highest BCUT2D eigenvalue weighted by atomic mass is 79.9. The highest BCUT2D eigenvalue weighted by Gasteiger charge is 2.38. The van der Waals surface area contributed by atoms with E-state index in [0.29, 0.717) is 22.2 Å². The Morgan fingerprint density at radius 1 is 1.07 bits per heavy atom. The molecule has 15 heteroatoms. The van der Waals surface area contributed by atoms with Crippen LogP contribution >= 0.6 is 43.5 Å². The maximum Gasteiger partial charge on any atom is 0.416 e. The molecule has 1 heterocycles. The molecule has 0 bridgehead atoms. The van der Waals surface area contributed by atoms with Gasteiger partial charge in [0.2, 0.25) is 5.75 Å². The van der Waals surface area contributed by atoms with Crippen LogP contribution in [0.1, 0.15) is 16.7 Å². The van der Waals surface area contributed by atoms with E-state index in [0.717, 1.165) is 17.0 Å². The lowest BCUT2D eigenvalue weighted by molar-refractivity contribution is -0.385. The number of nitrogens with one attached hydrogen (secondary N) is 1. The van der Waals surface area contributed by atoms with E-state index in [1.54, 1.807) is 19.1 Å². The van der Waals surface area contributed by atoms with Crippen LogP contribution in [0.25, 0.3) is 6.08 Å². The second kappa shape index (κ2) is 11.0. The molecule has 40 heavy (non-hydrogen) atoms. The van der Waals surface area contributed by atoms with Crippen molar-refractivity contribution in [1.82, 2.24) is 5.32 Å². The normalized spacial score (nSPS) is 14.9. The van der Waals surface area contributed by atoms with Crippen LogP contribution in [-0.4, -0.2) is 22.8 Å². The third-order valence-corrected chi connectivity index (χ3v) is 6.83. The van der Waals surface area contributed by atoms with Crippen molar-refractivity contribution in [3.8, 4) is 11.5 Å². The number of barbiturate groups is 1. The zero-order chi connectivity index (χ0) is 29.5. The quantitative estimate of drug-likeness (QED) is 0.127. The van der Waals surface area contributed by atoms with Gasteiger partial charge in [-0.2, -0.15) is 13.2 Å². The number of imide groups is 2. The second-order valence-electron chi connectivity index (χ2n) is 8.23. The summed E-state index contributed by atoms with van der Waals surface area (Å²) < 4.78 is 45.7. The molecule has 1 N–H and O–H groups in total. The van der Waals surface area contributed by atoms with Gasteiger partial charge in [0.15, 0.2) is 0 Å². The highest BCUT2D eigenvalue weighted by molar-refractivity contribution is 9.11. The lowest BCUT2D eigenvalue weighted by Gasteiger charge is -2.27. The number of carbonyl (C=O) groups is 3. The van der Waals surface area contributed by atoms with Crippen LogP contribution in [0, 0.1) is 17.0 Å². The van der Waals surface area contributed by atoms with Gasteiger partial charge in [-0.05, 0) is 70.9 Å². The number of urea groups is 1. The minimum Gasteiger partial charge on any atom is -0.448 e. The summed E-state index contributed by atoms with van der Waals surface area (Å²) in [5.41, 5.74) is -2.08. The Morgan fingerprint density at radius 3 is 2.42 bits per heavy atom. The Balaban J connectivity index is 1.83. The van der Waals surface area contributed by atoms with E-state index in [1.165, 1.54) is 18.2 Å². The Morgan fingerprint density at radius 2 is 1.77 bits per heavy atom. The predicted octanol–water partition coefficient (Wildman–Crippen LogP) is 7.56. The van der Waals surface area contributed by atoms with Crippen LogP contribution in [0.2, 0.25) is 5.02 Å². The van der Waals surface area contributed by atoms with Crippen molar-refractivity contribution in [1.29, 1.82) is 0 Å². The minimum absolute atomic E-state index is 0.0195. The van der Waals surface area contributed by atoms with Crippen molar-refractivity contribution in [3.63, 3.8) is 0 Å². The van der Waals surface area contributed by atoms with E-state index in [4.69, 9.17) is 16.3 Å². The van der Waals surface area contributed by atoms with E-state index in [2.05, 4.69) is 37.2 Å². The first kappa shape index (κ1) is 29.2. The summed E-state index contributed by atoms with van der Waals surface area (Å²) in [5, 5.41) is 13.9. The maximum absolute atomic E-state index is 13.4. The van der Waals surface area contributed by atoms with Gasteiger partial charge in [-0.25, -0.2) is 9.69 Å². The number of ether oxygens (including phenoxy) is 1. The molecule has 4 rings (SSSR count). The summed E-state index contributed by atoms with van der Waals surface area (Å²) in [7, 11) is 0. The van der Waals surface area contributed by atoms with Crippen molar-refractivity contribution < 1.29 is 37.2 Å². The van der Waals surface area contributed by atoms with Crippen molar-refractivity contribution >= 4 is 78.8 Å². The van der Waals surface area contributed by atoms with Crippen molar-refractivity contribution in [3.05, 3.63) is 94.9 Å². The van der Waals surface area contributed by atoms with Crippen molar-refractivity contribution in [2.75, 3.05) is 4.90 Å². The first-order valence-corrected chi connectivity index (χ1v) is 12.8. The highest BCUT2D eigenvalue weighted by Crippen LogP contribution is 2.42. The molecule has 0 aliphatic carbocycles. The van der Waals surface area contributed by atoms with Gasteiger partial charge in [0, 0.05) is 21.1 Å². The Labute approximate surface area is 245 Å². The van der Waals surface area contributed by atoms with Crippen LogP contribution in [0.5, 0.6) is 11.5 Å². The zero-order valence-electron chi connectivity index (χ0n) is 19.8. The summed E-state index contributed by atoms with van der Waals surface area (Å²) in [6, 6.07) is 8.09. The molecule has 0 unspecified atom stereocenters. The lowest BCUT2D eigenvalue weighted by Crippen LogP contribution is -2.54. The van der Waals surface area contributed by atoms with Gasteiger partial charge < -0.3 is 4.74 Å². The average Bonchev–Trinajstić information content (AvgIpc) is 2.85. The van der Waals surface area contributed by atoms with Gasteiger partial charge in [-0.3, -0.25) is 25.0 Å². The predicted molar refractivity (Wildman–Crippen MR) is 145 cm³/mol. The van der Waals surface area contributed by atoms with Gasteiger partial charge >= 0.3 is 17.9 Å². The number of hydrogen-bond donors (Lipinski definition) is 1. The van der Waals surface area contributed by atoms with Gasteiger partial charge in [0.05, 0.1) is 20.6 Å². The first-order chi connectivity index (χ1) is 18.7. The van der Waals surface area contributed by atoms with Crippen molar-refractivity contribution in [2.24, 2.45) is 0 Å². The molecule has 0 aromatic heterocycles. The summed E-state index contributed by atoms with van der Waals surface area (Å²) in [6.45, 7) is 1.63. The van der Waals surface area contributed by atoms with E-state index in [1.807, 2.05) is 0 Å². The molecular formula is C25H13Br2ClF3N3O6. The van der Waals surface area contributed by atoms with Crippen LogP contribution in [0.4, 0.5) is 29.3 Å². The maximum atomic E-state index is 13.4.